The molecule has 18 heavy (non-hydrogen) atoms. The van der Waals surface area contributed by atoms with Crippen molar-refractivity contribution in [3.63, 3.8) is 0 Å². The monoisotopic (exact) mass is 252 g/mol. The van der Waals surface area contributed by atoms with Gasteiger partial charge in [0, 0.05) is 0 Å². The van der Waals surface area contributed by atoms with Gasteiger partial charge in [0.05, 0.1) is 12.7 Å². The number of alkyl halides is 1. The molecule has 0 saturated heterocycles. The van der Waals surface area contributed by atoms with E-state index in [0.29, 0.717) is 0 Å². The van der Waals surface area contributed by atoms with Crippen LogP contribution >= 0.6 is 0 Å². The zero-order valence-corrected chi connectivity index (χ0v) is 10.4. The summed E-state index contributed by atoms with van der Waals surface area (Å²) >= 11 is 0. The van der Waals surface area contributed by atoms with E-state index < -0.39 is 12.3 Å². The molecule has 1 aromatic rings. The summed E-state index contributed by atoms with van der Waals surface area (Å²) in [5.41, 5.74) is 2.15. The highest BCUT2D eigenvalue weighted by Gasteiger charge is 2.27. The molecule has 0 radical (unpaired) electrons. The van der Waals surface area contributed by atoms with Crippen molar-refractivity contribution < 1.29 is 18.7 Å². The van der Waals surface area contributed by atoms with Gasteiger partial charge >= 0.3 is 5.97 Å². The van der Waals surface area contributed by atoms with E-state index in [1.165, 1.54) is 5.56 Å². The number of hydrogen-bond acceptors (Lipinski definition) is 3. The number of fused-ring (bicyclic) bond motifs is 1. The standard InChI is InChI=1S/C14H17FO3/c1-2-17-14(16)13(15)18-12-9-5-7-10-6-3-4-8-11(10)12/h3-4,6,8,12-13H,2,5,7,9H2,1H3. The molecule has 0 fully saturated rings. The predicted molar refractivity (Wildman–Crippen MR) is 64.7 cm³/mol. The Morgan fingerprint density at radius 2 is 2.28 bits per heavy atom. The van der Waals surface area contributed by atoms with Crippen molar-refractivity contribution in [2.45, 2.75) is 38.6 Å². The first-order valence-electron chi connectivity index (χ1n) is 6.26. The second-order valence-electron chi connectivity index (χ2n) is 4.28. The largest absolute Gasteiger partial charge is 0.462 e. The molecule has 0 spiro atoms. The summed E-state index contributed by atoms with van der Waals surface area (Å²) in [5.74, 6) is -0.944. The van der Waals surface area contributed by atoms with Crippen molar-refractivity contribution in [3.8, 4) is 0 Å². The number of carbonyl (C=O) groups excluding carboxylic acids is 1. The average molecular weight is 252 g/mol. The molecule has 3 nitrogen and oxygen atoms in total. The number of rotatable bonds is 4. The van der Waals surface area contributed by atoms with Crippen LogP contribution in [0.5, 0.6) is 0 Å². The van der Waals surface area contributed by atoms with Crippen molar-refractivity contribution in [2.24, 2.45) is 0 Å². The van der Waals surface area contributed by atoms with Gasteiger partial charge in [0.2, 0.25) is 0 Å². The molecule has 1 aliphatic carbocycles. The van der Waals surface area contributed by atoms with Crippen molar-refractivity contribution in [1.29, 1.82) is 0 Å². The Bertz CT molecular complexity index is 419. The van der Waals surface area contributed by atoms with Crippen LogP contribution < -0.4 is 0 Å². The maximum Gasteiger partial charge on any atom is 0.368 e. The molecule has 0 saturated carbocycles. The first-order chi connectivity index (χ1) is 8.72. The third-order valence-electron chi connectivity index (χ3n) is 3.07. The molecule has 1 aliphatic rings. The van der Waals surface area contributed by atoms with Crippen LogP contribution in [0, 0.1) is 0 Å². The van der Waals surface area contributed by atoms with Gasteiger partial charge in [-0.1, -0.05) is 24.3 Å². The smallest absolute Gasteiger partial charge is 0.368 e. The normalized spacial score (nSPS) is 20.0. The lowest BCUT2D eigenvalue weighted by Crippen LogP contribution is -2.25. The molecule has 0 aliphatic heterocycles. The highest BCUT2D eigenvalue weighted by Crippen LogP contribution is 2.33. The van der Waals surface area contributed by atoms with E-state index in [2.05, 4.69) is 4.74 Å². The van der Waals surface area contributed by atoms with Crippen LogP contribution in [0.4, 0.5) is 4.39 Å². The molecule has 4 heteroatoms. The number of aryl methyl sites for hydroxylation is 1. The van der Waals surface area contributed by atoms with Crippen LogP contribution in [0.3, 0.4) is 0 Å². The first kappa shape index (κ1) is 13.0. The molecule has 2 unspecified atom stereocenters. The topological polar surface area (TPSA) is 35.5 Å². The Labute approximate surface area is 106 Å². The summed E-state index contributed by atoms with van der Waals surface area (Å²) < 4.78 is 23.4. The first-order valence-corrected chi connectivity index (χ1v) is 6.26. The molecule has 98 valence electrons. The molecule has 0 N–H and O–H groups in total. The fraction of sp³-hybridized carbons (Fsp3) is 0.500. The van der Waals surface area contributed by atoms with Crippen LogP contribution in [0.2, 0.25) is 0 Å². The lowest BCUT2D eigenvalue weighted by atomic mass is 9.89. The molecule has 0 amide bonds. The van der Waals surface area contributed by atoms with Crippen LogP contribution in [-0.4, -0.2) is 18.9 Å². The van der Waals surface area contributed by atoms with Gasteiger partial charge in [-0.25, -0.2) is 9.18 Å². The molecule has 2 atom stereocenters. The van der Waals surface area contributed by atoms with Crippen molar-refractivity contribution in [1.82, 2.24) is 0 Å². The van der Waals surface area contributed by atoms with Gasteiger partial charge in [0.1, 0.15) is 0 Å². The Balaban J connectivity index is 2.05. The number of esters is 1. The highest BCUT2D eigenvalue weighted by atomic mass is 19.1. The Hall–Kier alpha value is -1.42. The maximum atomic E-state index is 13.6. The van der Waals surface area contributed by atoms with Crippen LogP contribution in [-0.2, 0) is 20.7 Å². The summed E-state index contributed by atoms with van der Waals surface area (Å²) in [4.78, 5) is 11.2. The summed E-state index contributed by atoms with van der Waals surface area (Å²) in [6.45, 7) is 1.80. The van der Waals surface area contributed by atoms with Gasteiger partial charge < -0.3 is 9.47 Å². The van der Waals surface area contributed by atoms with Gasteiger partial charge in [-0.15, -0.1) is 0 Å². The summed E-state index contributed by atoms with van der Waals surface area (Å²) in [5, 5.41) is 0. The number of benzene rings is 1. The number of ether oxygens (including phenoxy) is 2. The van der Waals surface area contributed by atoms with Crippen molar-refractivity contribution >= 4 is 5.97 Å². The number of carbonyl (C=O) groups is 1. The molecule has 1 aromatic carbocycles. The quantitative estimate of drug-likeness (QED) is 0.773. The lowest BCUT2D eigenvalue weighted by Gasteiger charge is -2.26. The Morgan fingerprint density at radius 3 is 3.06 bits per heavy atom. The van der Waals surface area contributed by atoms with Crippen molar-refractivity contribution in [3.05, 3.63) is 35.4 Å². The van der Waals surface area contributed by atoms with E-state index in [-0.39, 0.29) is 12.7 Å². The zero-order chi connectivity index (χ0) is 13.0. The minimum Gasteiger partial charge on any atom is -0.462 e. The third-order valence-corrected chi connectivity index (χ3v) is 3.07. The van der Waals surface area contributed by atoms with Gasteiger partial charge in [-0.3, -0.25) is 0 Å². The fourth-order valence-electron chi connectivity index (χ4n) is 2.26. The number of hydrogen-bond donors (Lipinski definition) is 0. The summed E-state index contributed by atoms with van der Waals surface area (Å²) in [6.07, 6.45) is 0.302. The van der Waals surface area contributed by atoms with E-state index >= 15 is 0 Å². The van der Waals surface area contributed by atoms with E-state index in [1.807, 2.05) is 24.3 Å². The maximum absolute atomic E-state index is 13.6. The van der Waals surface area contributed by atoms with Gasteiger partial charge in [0.25, 0.3) is 6.36 Å². The minimum atomic E-state index is -2.00. The van der Waals surface area contributed by atoms with Gasteiger partial charge in [-0.05, 0) is 37.3 Å². The highest BCUT2D eigenvalue weighted by molar-refractivity contribution is 5.73. The second kappa shape index (κ2) is 5.96. The third kappa shape index (κ3) is 2.88. The van der Waals surface area contributed by atoms with Crippen molar-refractivity contribution in [2.75, 3.05) is 6.61 Å². The molecule has 0 bridgehead atoms. The van der Waals surface area contributed by atoms with E-state index in [1.54, 1.807) is 6.92 Å². The van der Waals surface area contributed by atoms with Crippen LogP contribution in [0.25, 0.3) is 0 Å². The Morgan fingerprint density at radius 1 is 1.50 bits per heavy atom. The molecular formula is C14H17FO3. The summed E-state index contributed by atoms with van der Waals surface area (Å²) in [6, 6.07) is 7.80. The second-order valence-corrected chi connectivity index (χ2v) is 4.28. The zero-order valence-electron chi connectivity index (χ0n) is 10.4. The fourth-order valence-corrected chi connectivity index (χ4v) is 2.26. The van der Waals surface area contributed by atoms with Gasteiger partial charge in [-0.2, -0.15) is 0 Å². The Kier molecular flexibility index (Phi) is 4.31. The molecule has 0 heterocycles. The minimum absolute atomic E-state index is 0.157. The van der Waals surface area contributed by atoms with E-state index in [9.17, 15) is 9.18 Å². The lowest BCUT2D eigenvalue weighted by molar-refractivity contribution is -0.177. The van der Waals surface area contributed by atoms with Crippen LogP contribution in [0.15, 0.2) is 24.3 Å². The molecule has 0 aromatic heterocycles. The molecule has 2 rings (SSSR count). The van der Waals surface area contributed by atoms with E-state index in [0.717, 1.165) is 24.8 Å². The number of halogens is 1. The SMILES string of the molecule is CCOC(=O)C(F)OC1CCCc2ccccc21. The van der Waals surface area contributed by atoms with Crippen LogP contribution in [0.1, 0.15) is 37.0 Å². The average Bonchev–Trinajstić information content (AvgIpc) is 2.39. The van der Waals surface area contributed by atoms with Gasteiger partial charge in [0.15, 0.2) is 0 Å². The molecular weight excluding hydrogens is 235 g/mol. The predicted octanol–water partition coefficient (Wildman–Crippen LogP) is 2.94. The summed E-state index contributed by atoms with van der Waals surface area (Å²) in [7, 11) is 0. The van der Waals surface area contributed by atoms with E-state index in [4.69, 9.17) is 4.74 Å².